The Hall–Kier alpha value is -2.72. The van der Waals surface area contributed by atoms with Crippen molar-refractivity contribution in [2.75, 3.05) is 13.7 Å². The van der Waals surface area contributed by atoms with Crippen LogP contribution < -0.4 is 10.6 Å². The van der Waals surface area contributed by atoms with Crippen molar-refractivity contribution in [1.82, 2.24) is 10.6 Å². The standard InChI is InChI=1S/C21H23FN2O3/c1-15(25)24-20(14-27-2)21(26)23-13-18-10-7-16(8-11-18)6-9-17-4-3-5-19(22)12-17/h3-5,7-8,10-12,20-21,23,26H,13-14H2,1-2H3,(H,24,25). The van der Waals surface area contributed by atoms with Crippen LogP contribution in [0.4, 0.5) is 4.39 Å². The van der Waals surface area contributed by atoms with Gasteiger partial charge in [0.15, 0.2) is 0 Å². The molecule has 0 bridgehead atoms. The molecular formula is C21H23FN2O3. The SMILES string of the molecule is COCC(NC(C)=O)C(O)NCc1ccc(C#Cc2cccc(F)c2)cc1. The number of hydrogen-bond acceptors (Lipinski definition) is 4. The number of aliphatic hydroxyl groups is 1. The van der Waals surface area contributed by atoms with Crippen LogP contribution in [0.2, 0.25) is 0 Å². The van der Waals surface area contributed by atoms with E-state index in [-0.39, 0.29) is 18.3 Å². The predicted molar refractivity (Wildman–Crippen MR) is 101 cm³/mol. The Morgan fingerprint density at radius 3 is 2.52 bits per heavy atom. The summed E-state index contributed by atoms with van der Waals surface area (Å²) in [7, 11) is 1.51. The van der Waals surface area contributed by atoms with E-state index >= 15 is 0 Å². The minimum Gasteiger partial charge on any atom is -0.382 e. The minimum absolute atomic E-state index is 0.197. The molecule has 142 valence electrons. The van der Waals surface area contributed by atoms with Crippen molar-refractivity contribution in [2.45, 2.75) is 25.7 Å². The minimum atomic E-state index is -0.943. The van der Waals surface area contributed by atoms with Gasteiger partial charge in [0.2, 0.25) is 5.91 Å². The summed E-state index contributed by atoms with van der Waals surface area (Å²) in [4.78, 5) is 11.2. The number of methoxy groups -OCH3 is 1. The zero-order chi connectivity index (χ0) is 19.6. The van der Waals surface area contributed by atoms with Crippen molar-refractivity contribution in [3.8, 4) is 11.8 Å². The van der Waals surface area contributed by atoms with Crippen molar-refractivity contribution in [1.29, 1.82) is 0 Å². The molecule has 0 saturated carbocycles. The smallest absolute Gasteiger partial charge is 0.217 e. The highest BCUT2D eigenvalue weighted by atomic mass is 19.1. The first-order chi connectivity index (χ1) is 13.0. The van der Waals surface area contributed by atoms with Gasteiger partial charge in [0.1, 0.15) is 12.0 Å². The first-order valence-corrected chi connectivity index (χ1v) is 8.52. The molecule has 2 rings (SSSR count). The van der Waals surface area contributed by atoms with Gasteiger partial charge in [-0.05, 0) is 35.9 Å². The summed E-state index contributed by atoms with van der Waals surface area (Å²) in [6.07, 6.45) is -0.943. The van der Waals surface area contributed by atoms with Crippen LogP contribution in [-0.2, 0) is 16.1 Å². The van der Waals surface area contributed by atoms with Crippen molar-refractivity contribution in [3.63, 3.8) is 0 Å². The second kappa shape index (κ2) is 10.4. The summed E-state index contributed by atoms with van der Waals surface area (Å²) in [5.41, 5.74) is 2.37. The van der Waals surface area contributed by atoms with Gasteiger partial charge in [0.25, 0.3) is 0 Å². The van der Waals surface area contributed by atoms with E-state index in [2.05, 4.69) is 22.5 Å². The third-order valence-electron chi connectivity index (χ3n) is 3.76. The molecule has 0 aliphatic heterocycles. The molecule has 5 nitrogen and oxygen atoms in total. The molecule has 0 fully saturated rings. The Balaban J connectivity index is 1.92. The average Bonchev–Trinajstić information content (AvgIpc) is 2.64. The van der Waals surface area contributed by atoms with E-state index in [1.807, 2.05) is 24.3 Å². The molecule has 0 radical (unpaired) electrons. The van der Waals surface area contributed by atoms with Gasteiger partial charge in [-0.25, -0.2) is 4.39 Å². The van der Waals surface area contributed by atoms with Gasteiger partial charge >= 0.3 is 0 Å². The van der Waals surface area contributed by atoms with Gasteiger partial charge < -0.3 is 15.2 Å². The van der Waals surface area contributed by atoms with E-state index in [0.717, 1.165) is 11.1 Å². The maximum atomic E-state index is 13.1. The molecule has 0 aromatic heterocycles. The van der Waals surface area contributed by atoms with Crippen LogP contribution in [0.5, 0.6) is 0 Å². The predicted octanol–water partition coefficient (Wildman–Crippen LogP) is 1.78. The second-order valence-electron chi connectivity index (χ2n) is 6.05. The molecule has 3 N–H and O–H groups in total. The highest BCUT2D eigenvalue weighted by Crippen LogP contribution is 2.06. The van der Waals surface area contributed by atoms with Crippen LogP contribution in [-0.4, -0.2) is 37.0 Å². The third-order valence-corrected chi connectivity index (χ3v) is 3.76. The fraction of sp³-hybridized carbons (Fsp3) is 0.286. The summed E-state index contributed by atoms with van der Waals surface area (Å²) < 4.78 is 18.2. The zero-order valence-electron chi connectivity index (χ0n) is 15.3. The van der Waals surface area contributed by atoms with E-state index in [1.54, 1.807) is 12.1 Å². The van der Waals surface area contributed by atoms with Gasteiger partial charge in [-0.2, -0.15) is 0 Å². The maximum Gasteiger partial charge on any atom is 0.217 e. The van der Waals surface area contributed by atoms with Crippen LogP contribution in [0.25, 0.3) is 0 Å². The molecule has 0 spiro atoms. The lowest BCUT2D eigenvalue weighted by molar-refractivity contribution is -0.121. The van der Waals surface area contributed by atoms with E-state index in [1.165, 1.54) is 26.2 Å². The largest absolute Gasteiger partial charge is 0.382 e. The number of benzene rings is 2. The van der Waals surface area contributed by atoms with Crippen molar-refractivity contribution < 1.29 is 19.0 Å². The molecule has 27 heavy (non-hydrogen) atoms. The summed E-state index contributed by atoms with van der Waals surface area (Å²) in [6.45, 7) is 2.00. The average molecular weight is 370 g/mol. The molecule has 0 saturated heterocycles. The molecule has 2 unspecified atom stereocenters. The van der Waals surface area contributed by atoms with Crippen molar-refractivity contribution in [2.24, 2.45) is 0 Å². The maximum absolute atomic E-state index is 13.1. The number of carbonyl (C=O) groups is 1. The lowest BCUT2D eigenvalue weighted by Crippen LogP contribution is -2.51. The lowest BCUT2D eigenvalue weighted by atomic mass is 10.1. The first-order valence-electron chi connectivity index (χ1n) is 8.52. The summed E-state index contributed by atoms with van der Waals surface area (Å²) in [5.74, 6) is 5.36. The fourth-order valence-electron chi connectivity index (χ4n) is 2.43. The fourth-order valence-corrected chi connectivity index (χ4v) is 2.43. The Kier molecular flexibility index (Phi) is 7.96. The van der Waals surface area contributed by atoms with E-state index < -0.39 is 12.3 Å². The molecule has 6 heteroatoms. The van der Waals surface area contributed by atoms with Crippen LogP contribution in [0, 0.1) is 17.7 Å². The summed E-state index contributed by atoms with van der Waals surface area (Å²) in [6, 6.07) is 13.1. The van der Waals surface area contributed by atoms with Crippen molar-refractivity contribution >= 4 is 5.91 Å². The molecule has 0 aliphatic rings. The third kappa shape index (κ3) is 7.19. The van der Waals surface area contributed by atoms with Gasteiger partial charge in [-0.3, -0.25) is 10.1 Å². The van der Waals surface area contributed by atoms with Gasteiger partial charge in [-0.1, -0.05) is 30.0 Å². The monoisotopic (exact) mass is 370 g/mol. The van der Waals surface area contributed by atoms with Crippen LogP contribution in [0.3, 0.4) is 0 Å². The highest BCUT2D eigenvalue weighted by molar-refractivity contribution is 5.73. The van der Waals surface area contributed by atoms with E-state index in [4.69, 9.17) is 4.74 Å². The Labute approximate surface area is 158 Å². The molecule has 2 atom stereocenters. The number of aliphatic hydroxyl groups excluding tert-OH is 1. The van der Waals surface area contributed by atoms with Crippen LogP contribution >= 0.6 is 0 Å². The first kappa shape index (κ1) is 20.6. The highest BCUT2D eigenvalue weighted by Gasteiger charge is 2.19. The number of amides is 1. The van der Waals surface area contributed by atoms with Gasteiger partial charge in [0, 0.05) is 31.7 Å². The lowest BCUT2D eigenvalue weighted by Gasteiger charge is -2.23. The van der Waals surface area contributed by atoms with Crippen LogP contribution in [0.15, 0.2) is 48.5 Å². The van der Waals surface area contributed by atoms with Crippen LogP contribution in [0.1, 0.15) is 23.6 Å². The number of hydrogen-bond donors (Lipinski definition) is 3. The Morgan fingerprint density at radius 2 is 1.89 bits per heavy atom. The summed E-state index contributed by atoms with van der Waals surface area (Å²) >= 11 is 0. The van der Waals surface area contributed by atoms with Gasteiger partial charge in [-0.15, -0.1) is 0 Å². The Bertz CT molecular complexity index is 812. The molecule has 0 heterocycles. The number of carbonyl (C=O) groups excluding carboxylic acids is 1. The van der Waals surface area contributed by atoms with Crippen molar-refractivity contribution in [3.05, 3.63) is 71.0 Å². The normalized spacial score (nSPS) is 12.6. The second-order valence-corrected chi connectivity index (χ2v) is 6.05. The van der Waals surface area contributed by atoms with Gasteiger partial charge in [0.05, 0.1) is 12.6 Å². The number of nitrogens with one attached hydrogen (secondary N) is 2. The number of rotatable bonds is 7. The molecule has 2 aromatic carbocycles. The molecular weight excluding hydrogens is 347 g/mol. The molecule has 0 aliphatic carbocycles. The Morgan fingerprint density at radius 1 is 1.19 bits per heavy atom. The molecule has 1 amide bonds. The van der Waals surface area contributed by atoms with E-state index in [9.17, 15) is 14.3 Å². The molecule has 2 aromatic rings. The topological polar surface area (TPSA) is 70.6 Å². The number of halogens is 1. The van der Waals surface area contributed by atoms with E-state index in [0.29, 0.717) is 12.1 Å². The number of ether oxygens (including phenoxy) is 1. The zero-order valence-corrected chi connectivity index (χ0v) is 15.3. The quantitative estimate of drug-likeness (QED) is 0.513. The summed E-state index contributed by atoms with van der Waals surface area (Å²) in [5, 5.41) is 15.8.